The molecule has 3 aromatic rings. The lowest BCUT2D eigenvalue weighted by molar-refractivity contribution is -0.384. The third-order valence-electron chi connectivity index (χ3n) is 5.48. The first-order valence-electron chi connectivity index (χ1n) is 10.0. The first-order valence-corrected chi connectivity index (χ1v) is 10.0. The predicted octanol–water partition coefficient (Wildman–Crippen LogP) is 4.53. The summed E-state index contributed by atoms with van der Waals surface area (Å²) in [5.74, 6) is -1.80. The molecule has 1 aliphatic heterocycles. The van der Waals surface area contributed by atoms with Crippen molar-refractivity contribution in [3.8, 4) is 0 Å². The maximum absolute atomic E-state index is 13.0. The number of aryl methyl sites for hydroxylation is 1. The van der Waals surface area contributed by atoms with Gasteiger partial charge in [0.25, 0.3) is 17.4 Å². The second-order valence-electron chi connectivity index (χ2n) is 7.63. The number of likely N-dealkylation sites (tertiary alicyclic amines) is 1. The summed E-state index contributed by atoms with van der Waals surface area (Å²) in [6, 6.07) is 20.9. The van der Waals surface area contributed by atoms with Crippen LogP contribution in [-0.4, -0.2) is 26.6 Å². The Morgan fingerprint density at radius 3 is 2.19 bits per heavy atom. The molecule has 1 fully saturated rings. The van der Waals surface area contributed by atoms with E-state index in [2.05, 4.69) is 0 Å². The van der Waals surface area contributed by atoms with Gasteiger partial charge in [-0.15, -0.1) is 0 Å². The molecule has 0 radical (unpaired) electrons. The quantitative estimate of drug-likeness (QED) is 0.212. The number of nitro benzene ring substituents is 1. The number of aliphatic hydroxyl groups excluding tert-OH is 1. The van der Waals surface area contributed by atoms with E-state index < -0.39 is 22.7 Å². The Bertz CT molecular complexity index is 1220. The maximum atomic E-state index is 13.0. The standard InChI is InChI=1S/C25H20N2O5/c1-16-7-9-19(10-8-16)23(28)21-22(18-11-13-20(14-12-18)27(31)32)26(25(30)24(21)29)15-17-5-3-2-4-6-17/h2-14,22,28H,15H2,1H3/b23-21-/t22-/m0/s1. The zero-order chi connectivity index (χ0) is 22.8. The Kier molecular flexibility index (Phi) is 5.55. The molecule has 1 atom stereocenters. The number of aliphatic hydroxyl groups is 1. The molecule has 1 amide bonds. The highest BCUT2D eigenvalue weighted by Crippen LogP contribution is 2.40. The Hall–Kier alpha value is -4.26. The highest BCUT2D eigenvalue weighted by molar-refractivity contribution is 6.46. The van der Waals surface area contributed by atoms with E-state index in [-0.39, 0.29) is 23.6 Å². The number of carbonyl (C=O) groups is 2. The molecule has 1 saturated heterocycles. The van der Waals surface area contributed by atoms with E-state index >= 15 is 0 Å². The second kappa shape index (κ2) is 8.47. The molecule has 1 heterocycles. The third-order valence-corrected chi connectivity index (χ3v) is 5.48. The molecule has 0 unspecified atom stereocenters. The monoisotopic (exact) mass is 428 g/mol. The van der Waals surface area contributed by atoms with E-state index in [1.165, 1.54) is 29.2 Å². The molecule has 7 nitrogen and oxygen atoms in total. The summed E-state index contributed by atoms with van der Waals surface area (Å²) < 4.78 is 0. The fourth-order valence-corrected chi connectivity index (χ4v) is 3.82. The van der Waals surface area contributed by atoms with Crippen molar-refractivity contribution in [3.05, 3.63) is 117 Å². The summed E-state index contributed by atoms with van der Waals surface area (Å²) in [6.45, 7) is 2.05. The fourth-order valence-electron chi connectivity index (χ4n) is 3.82. The van der Waals surface area contributed by atoms with Gasteiger partial charge in [0.2, 0.25) is 0 Å². The van der Waals surface area contributed by atoms with Crippen LogP contribution in [0.25, 0.3) is 5.76 Å². The van der Waals surface area contributed by atoms with Crippen LogP contribution in [0.15, 0.2) is 84.4 Å². The average molecular weight is 428 g/mol. The summed E-state index contributed by atoms with van der Waals surface area (Å²) >= 11 is 0. The number of rotatable bonds is 5. The number of nitro groups is 1. The molecule has 7 heteroatoms. The van der Waals surface area contributed by atoms with Gasteiger partial charge in [0, 0.05) is 24.2 Å². The highest BCUT2D eigenvalue weighted by atomic mass is 16.6. The number of nitrogens with zero attached hydrogens (tertiary/aromatic N) is 2. The van der Waals surface area contributed by atoms with Gasteiger partial charge in [0.05, 0.1) is 16.5 Å². The van der Waals surface area contributed by atoms with E-state index in [9.17, 15) is 24.8 Å². The highest BCUT2D eigenvalue weighted by Gasteiger charge is 2.46. The molecular weight excluding hydrogens is 408 g/mol. The molecule has 0 spiro atoms. The number of hydrogen-bond acceptors (Lipinski definition) is 5. The molecule has 3 aromatic carbocycles. The summed E-state index contributed by atoms with van der Waals surface area (Å²) in [7, 11) is 0. The normalized spacial score (nSPS) is 17.5. The van der Waals surface area contributed by atoms with Gasteiger partial charge in [-0.05, 0) is 30.2 Å². The summed E-state index contributed by atoms with van der Waals surface area (Å²) in [6.07, 6.45) is 0. The molecule has 0 aliphatic carbocycles. The minimum absolute atomic E-state index is 0.0383. The van der Waals surface area contributed by atoms with Gasteiger partial charge in [-0.25, -0.2) is 0 Å². The van der Waals surface area contributed by atoms with Gasteiger partial charge in [-0.1, -0.05) is 60.2 Å². The van der Waals surface area contributed by atoms with Gasteiger partial charge in [0.1, 0.15) is 5.76 Å². The summed E-state index contributed by atoms with van der Waals surface area (Å²) in [4.78, 5) is 38.0. The number of carbonyl (C=O) groups excluding carboxylic acids is 2. The van der Waals surface area contributed by atoms with Gasteiger partial charge in [-0.2, -0.15) is 0 Å². The zero-order valence-corrected chi connectivity index (χ0v) is 17.3. The smallest absolute Gasteiger partial charge is 0.295 e. The Balaban J connectivity index is 1.85. The van der Waals surface area contributed by atoms with Crippen LogP contribution in [0.3, 0.4) is 0 Å². The molecule has 1 aliphatic rings. The van der Waals surface area contributed by atoms with Crippen LogP contribution in [-0.2, 0) is 16.1 Å². The summed E-state index contributed by atoms with van der Waals surface area (Å²) in [5.41, 5.74) is 2.57. The van der Waals surface area contributed by atoms with Crippen molar-refractivity contribution in [3.63, 3.8) is 0 Å². The Labute approximate surface area is 184 Å². The maximum Gasteiger partial charge on any atom is 0.295 e. The number of amides is 1. The number of ketones is 1. The Morgan fingerprint density at radius 2 is 1.59 bits per heavy atom. The lowest BCUT2D eigenvalue weighted by Gasteiger charge is -2.25. The van der Waals surface area contributed by atoms with Crippen LogP contribution in [0.4, 0.5) is 5.69 Å². The van der Waals surface area contributed by atoms with Crippen LogP contribution >= 0.6 is 0 Å². The van der Waals surface area contributed by atoms with Crippen molar-refractivity contribution < 1.29 is 19.6 Å². The number of hydrogen-bond donors (Lipinski definition) is 1. The van der Waals surface area contributed by atoms with Crippen LogP contribution in [0.1, 0.15) is 28.3 Å². The molecule has 0 bridgehead atoms. The second-order valence-corrected chi connectivity index (χ2v) is 7.63. The number of non-ortho nitro benzene ring substituents is 1. The molecule has 1 N–H and O–H groups in total. The van der Waals surface area contributed by atoms with E-state index in [4.69, 9.17) is 0 Å². The molecular formula is C25H20N2O5. The lowest BCUT2D eigenvalue weighted by Crippen LogP contribution is -2.29. The third kappa shape index (κ3) is 3.88. The number of benzene rings is 3. The summed E-state index contributed by atoms with van der Waals surface area (Å²) in [5, 5.41) is 22.1. The van der Waals surface area contributed by atoms with Gasteiger partial charge in [-0.3, -0.25) is 19.7 Å². The van der Waals surface area contributed by atoms with Gasteiger partial charge in [0.15, 0.2) is 0 Å². The lowest BCUT2D eigenvalue weighted by atomic mass is 9.94. The van der Waals surface area contributed by atoms with Crippen molar-refractivity contribution in [1.29, 1.82) is 0 Å². The van der Waals surface area contributed by atoms with Crippen LogP contribution in [0, 0.1) is 17.0 Å². The fraction of sp³-hybridized carbons (Fsp3) is 0.120. The van der Waals surface area contributed by atoms with Gasteiger partial charge >= 0.3 is 0 Å². The molecule has 0 aromatic heterocycles. The van der Waals surface area contributed by atoms with Crippen molar-refractivity contribution in [2.45, 2.75) is 19.5 Å². The number of Topliss-reactive ketones (excluding diaryl/α,β-unsaturated/α-hetero) is 1. The predicted molar refractivity (Wildman–Crippen MR) is 119 cm³/mol. The Morgan fingerprint density at radius 1 is 0.969 bits per heavy atom. The van der Waals surface area contributed by atoms with Crippen LogP contribution < -0.4 is 0 Å². The zero-order valence-electron chi connectivity index (χ0n) is 17.3. The van der Waals surface area contributed by atoms with E-state index in [0.29, 0.717) is 11.1 Å². The SMILES string of the molecule is Cc1ccc(/C(O)=C2/C(=O)C(=O)N(Cc3ccccc3)[C@H]2c2ccc([N+](=O)[O-])cc2)cc1. The van der Waals surface area contributed by atoms with Crippen LogP contribution in [0.2, 0.25) is 0 Å². The first-order chi connectivity index (χ1) is 15.4. The molecule has 4 rings (SSSR count). The molecule has 0 saturated carbocycles. The average Bonchev–Trinajstić information content (AvgIpc) is 3.05. The molecule has 32 heavy (non-hydrogen) atoms. The van der Waals surface area contributed by atoms with Crippen molar-refractivity contribution in [2.24, 2.45) is 0 Å². The first kappa shape index (κ1) is 21.0. The van der Waals surface area contributed by atoms with E-state index in [1.54, 1.807) is 24.3 Å². The minimum Gasteiger partial charge on any atom is -0.507 e. The van der Waals surface area contributed by atoms with Gasteiger partial charge < -0.3 is 10.0 Å². The van der Waals surface area contributed by atoms with Crippen molar-refractivity contribution in [1.82, 2.24) is 4.90 Å². The minimum atomic E-state index is -0.877. The topological polar surface area (TPSA) is 101 Å². The van der Waals surface area contributed by atoms with Crippen molar-refractivity contribution >= 4 is 23.1 Å². The van der Waals surface area contributed by atoms with E-state index in [0.717, 1.165) is 11.1 Å². The van der Waals surface area contributed by atoms with E-state index in [1.807, 2.05) is 37.3 Å². The van der Waals surface area contributed by atoms with Crippen LogP contribution in [0.5, 0.6) is 0 Å². The van der Waals surface area contributed by atoms with Crippen molar-refractivity contribution in [2.75, 3.05) is 0 Å². The molecule has 160 valence electrons. The largest absolute Gasteiger partial charge is 0.507 e.